The van der Waals surface area contributed by atoms with Crippen molar-refractivity contribution < 1.29 is 28.0 Å². The summed E-state index contributed by atoms with van der Waals surface area (Å²) in [7, 11) is 3.08. The number of benzene rings is 1. The predicted molar refractivity (Wildman–Crippen MR) is 112 cm³/mol. The van der Waals surface area contributed by atoms with E-state index in [1.165, 1.54) is 19.4 Å². The van der Waals surface area contributed by atoms with E-state index < -0.39 is 11.9 Å². The maximum atomic E-state index is 12.7. The number of carbonyl (C=O) groups is 2. The second-order valence-corrected chi connectivity index (χ2v) is 7.13. The van der Waals surface area contributed by atoms with Crippen LogP contribution >= 0.6 is 0 Å². The van der Waals surface area contributed by atoms with Gasteiger partial charge < -0.3 is 29.0 Å². The van der Waals surface area contributed by atoms with Crippen LogP contribution in [0.5, 0.6) is 11.5 Å². The van der Waals surface area contributed by atoms with E-state index in [-0.39, 0.29) is 24.1 Å². The largest absolute Gasteiger partial charge is 0.497 e. The molecule has 2 amide bonds. The topological polar surface area (TPSA) is 116 Å². The molecule has 0 saturated carbocycles. The number of nitrogens with zero attached hydrogens (tertiary/aromatic N) is 1. The van der Waals surface area contributed by atoms with Crippen LogP contribution in [0.15, 0.2) is 51.6 Å². The molecule has 1 atom stereocenters. The molecule has 0 saturated heterocycles. The Hall–Kier alpha value is -3.75. The second-order valence-electron chi connectivity index (χ2n) is 7.13. The fourth-order valence-corrected chi connectivity index (χ4v) is 2.96. The van der Waals surface area contributed by atoms with Gasteiger partial charge in [0.2, 0.25) is 5.91 Å². The molecule has 0 bridgehead atoms. The quantitative estimate of drug-likeness (QED) is 0.539. The maximum absolute atomic E-state index is 12.7. The minimum atomic E-state index is -0.752. The lowest BCUT2D eigenvalue weighted by Gasteiger charge is -2.20. The van der Waals surface area contributed by atoms with Crippen molar-refractivity contribution >= 4 is 11.8 Å². The van der Waals surface area contributed by atoms with Gasteiger partial charge in [-0.1, -0.05) is 19.0 Å². The summed E-state index contributed by atoms with van der Waals surface area (Å²) in [6, 6.07) is 9.44. The molecular formula is C22H25N3O6. The number of methoxy groups -OCH3 is 2. The molecule has 3 aromatic rings. The summed E-state index contributed by atoms with van der Waals surface area (Å²) in [5.41, 5.74) is 0.670. The highest BCUT2D eigenvalue weighted by atomic mass is 16.5. The van der Waals surface area contributed by atoms with Gasteiger partial charge in [0, 0.05) is 12.1 Å². The number of ether oxygens (including phenoxy) is 2. The monoisotopic (exact) mass is 427 g/mol. The van der Waals surface area contributed by atoms with Crippen molar-refractivity contribution in [2.75, 3.05) is 14.2 Å². The zero-order valence-corrected chi connectivity index (χ0v) is 17.8. The van der Waals surface area contributed by atoms with Crippen molar-refractivity contribution in [1.29, 1.82) is 0 Å². The van der Waals surface area contributed by atoms with Crippen LogP contribution < -0.4 is 20.1 Å². The lowest BCUT2D eigenvalue weighted by molar-refractivity contribution is -0.124. The van der Waals surface area contributed by atoms with Gasteiger partial charge >= 0.3 is 0 Å². The summed E-state index contributed by atoms with van der Waals surface area (Å²) in [5, 5.41) is 9.33. The molecule has 9 nitrogen and oxygen atoms in total. The van der Waals surface area contributed by atoms with Gasteiger partial charge in [0.25, 0.3) is 5.91 Å². The highest BCUT2D eigenvalue weighted by Gasteiger charge is 2.26. The van der Waals surface area contributed by atoms with Crippen LogP contribution in [-0.2, 0) is 11.3 Å². The minimum Gasteiger partial charge on any atom is -0.497 e. The van der Waals surface area contributed by atoms with Gasteiger partial charge in [-0.25, -0.2) is 0 Å². The SMILES string of the molecule is COc1ccc(-c2cc(C(=O)N[C@H](C(=O)NCc3ccco3)C(C)C)no2)c(OC)c1. The van der Waals surface area contributed by atoms with E-state index in [2.05, 4.69) is 15.8 Å². The van der Waals surface area contributed by atoms with Gasteiger partial charge in [0.15, 0.2) is 11.5 Å². The Bertz CT molecular complexity index is 1030. The fraction of sp³-hybridized carbons (Fsp3) is 0.318. The molecule has 164 valence electrons. The Morgan fingerprint density at radius 1 is 1.13 bits per heavy atom. The molecule has 9 heteroatoms. The van der Waals surface area contributed by atoms with Crippen LogP contribution in [-0.4, -0.2) is 37.2 Å². The number of nitrogens with one attached hydrogen (secondary N) is 2. The number of amides is 2. The Kier molecular flexibility index (Phi) is 6.96. The van der Waals surface area contributed by atoms with Crippen LogP contribution in [0.4, 0.5) is 0 Å². The lowest BCUT2D eigenvalue weighted by Crippen LogP contribution is -2.49. The number of aromatic nitrogens is 1. The lowest BCUT2D eigenvalue weighted by atomic mass is 10.0. The van der Waals surface area contributed by atoms with Gasteiger partial charge in [0.1, 0.15) is 23.3 Å². The first-order valence-corrected chi connectivity index (χ1v) is 9.73. The fourth-order valence-electron chi connectivity index (χ4n) is 2.96. The van der Waals surface area contributed by atoms with Gasteiger partial charge in [-0.15, -0.1) is 0 Å². The van der Waals surface area contributed by atoms with Crippen LogP contribution in [0.3, 0.4) is 0 Å². The van der Waals surface area contributed by atoms with Crippen molar-refractivity contribution in [2.24, 2.45) is 5.92 Å². The highest BCUT2D eigenvalue weighted by Crippen LogP contribution is 2.33. The van der Waals surface area contributed by atoms with Crippen molar-refractivity contribution in [3.8, 4) is 22.8 Å². The molecule has 31 heavy (non-hydrogen) atoms. The third kappa shape index (κ3) is 5.25. The summed E-state index contributed by atoms with van der Waals surface area (Å²) < 4.78 is 21.1. The van der Waals surface area contributed by atoms with Crippen molar-refractivity contribution in [1.82, 2.24) is 15.8 Å². The number of hydrogen-bond acceptors (Lipinski definition) is 7. The van der Waals surface area contributed by atoms with Gasteiger partial charge in [-0.2, -0.15) is 0 Å². The van der Waals surface area contributed by atoms with E-state index in [1.54, 1.807) is 37.4 Å². The predicted octanol–water partition coefficient (Wildman–Crippen LogP) is 3.02. The third-order valence-corrected chi connectivity index (χ3v) is 4.67. The van der Waals surface area contributed by atoms with Crippen molar-refractivity contribution in [3.63, 3.8) is 0 Å². The zero-order chi connectivity index (χ0) is 22.4. The normalized spacial score (nSPS) is 11.8. The van der Waals surface area contributed by atoms with Crippen LogP contribution in [0.1, 0.15) is 30.1 Å². The van der Waals surface area contributed by atoms with Gasteiger partial charge in [0.05, 0.1) is 32.6 Å². The van der Waals surface area contributed by atoms with Crippen LogP contribution in [0.25, 0.3) is 11.3 Å². The highest BCUT2D eigenvalue weighted by molar-refractivity contribution is 5.96. The molecule has 0 fully saturated rings. The van der Waals surface area contributed by atoms with E-state index in [1.807, 2.05) is 13.8 Å². The maximum Gasteiger partial charge on any atom is 0.274 e. The van der Waals surface area contributed by atoms with Gasteiger partial charge in [-0.3, -0.25) is 9.59 Å². The summed E-state index contributed by atoms with van der Waals surface area (Å²) in [5.74, 6) is 1.13. The molecule has 0 radical (unpaired) electrons. The van der Waals surface area contributed by atoms with Crippen molar-refractivity contribution in [2.45, 2.75) is 26.4 Å². The molecule has 2 N–H and O–H groups in total. The molecule has 0 unspecified atom stereocenters. The number of carbonyl (C=O) groups excluding carboxylic acids is 2. The first kappa shape index (κ1) is 21.9. The smallest absolute Gasteiger partial charge is 0.274 e. The van der Waals surface area contributed by atoms with E-state index in [0.29, 0.717) is 28.6 Å². The average Bonchev–Trinajstić information content (AvgIpc) is 3.47. The first-order chi connectivity index (χ1) is 14.9. The average molecular weight is 427 g/mol. The van der Waals surface area contributed by atoms with Gasteiger partial charge in [-0.05, 0) is 30.2 Å². The third-order valence-electron chi connectivity index (χ3n) is 4.67. The summed E-state index contributed by atoms with van der Waals surface area (Å²) >= 11 is 0. The molecule has 2 heterocycles. The Labute approximate surface area is 179 Å². The molecule has 0 aliphatic rings. The Morgan fingerprint density at radius 3 is 2.58 bits per heavy atom. The molecule has 0 spiro atoms. The molecular weight excluding hydrogens is 402 g/mol. The number of furan rings is 1. The van der Waals surface area contributed by atoms with Crippen LogP contribution in [0, 0.1) is 5.92 Å². The summed E-state index contributed by atoms with van der Waals surface area (Å²) in [6.45, 7) is 3.91. The number of rotatable bonds is 9. The van der Waals surface area contributed by atoms with Crippen molar-refractivity contribution in [3.05, 3.63) is 54.1 Å². The molecule has 0 aliphatic carbocycles. The second kappa shape index (κ2) is 9.84. The summed E-state index contributed by atoms with van der Waals surface area (Å²) in [6.07, 6.45) is 1.53. The molecule has 1 aromatic carbocycles. The first-order valence-electron chi connectivity index (χ1n) is 9.73. The molecule has 0 aliphatic heterocycles. The molecule has 2 aromatic heterocycles. The van der Waals surface area contributed by atoms with Crippen LogP contribution in [0.2, 0.25) is 0 Å². The van der Waals surface area contributed by atoms with E-state index in [0.717, 1.165) is 0 Å². The number of hydrogen-bond donors (Lipinski definition) is 2. The Morgan fingerprint density at radius 2 is 1.94 bits per heavy atom. The minimum absolute atomic E-state index is 0.0531. The standard InChI is InChI=1S/C22H25N3O6/c1-13(2)20(22(27)23-12-15-6-5-9-30-15)24-21(26)17-11-19(31-25-17)16-8-7-14(28-3)10-18(16)29-4/h5-11,13,20H,12H2,1-4H3,(H,23,27)(H,24,26)/t20-/m0/s1. The molecule has 3 rings (SSSR count). The van der Waals surface area contributed by atoms with E-state index in [9.17, 15) is 9.59 Å². The Balaban J connectivity index is 1.71. The van der Waals surface area contributed by atoms with E-state index >= 15 is 0 Å². The summed E-state index contributed by atoms with van der Waals surface area (Å²) in [4.78, 5) is 25.3. The van der Waals surface area contributed by atoms with E-state index in [4.69, 9.17) is 18.4 Å². The zero-order valence-electron chi connectivity index (χ0n) is 17.8.